The number of fused-ring (bicyclic) bond motifs is 1. The number of aryl methyl sites for hydroxylation is 1. The van der Waals surface area contributed by atoms with Gasteiger partial charge in [-0.2, -0.15) is 0 Å². The maximum absolute atomic E-state index is 13.8. The van der Waals surface area contributed by atoms with Crippen molar-refractivity contribution in [1.29, 1.82) is 0 Å². The van der Waals surface area contributed by atoms with Crippen LogP contribution in [0.2, 0.25) is 0 Å². The summed E-state index contributed by atoms with van der Waals surface area (Å²) in [4.78, 5) is 16.6. The quantitative estimate of drug-likeness (QED) is 0.660. The first-order valence-electron chi connectivity index (χ1n) is 8.22. The molecule has 0 aliphatic carbocycles. The number of thiazole rings is 1. The van der Waals surface area contributed by atoms with E-state index >= 15 is 0 Å². The molecule has 4 nitrogen and oxygen atoms in total. The number of nitrogens with one attached hydrogen (secondary N) is 1. The Hall–Kier alpha value is -2.47. The van der Waals surface area contributed by atoms with Gasteiger partial charge in [0.15, 0.2) is 11.6 Å². The van der Waals surface area contributed by atoms with Crippen molar-refractivity contribution in [3.63, 3.8) is 0 Å². The molecule has 0 fully saturated rings. The highest BCUT2D eigenvalue weighted by Gasteiger charge is 2.08. The minimum atomic E-state index is -0.478. The fourth-order valence-corrected chi connectivity index (χ4v) is 3.51. The second-order valence-corrected chi connectivity index (χ2v) is 6.67. The molecule has 1 aromatic heterocycles. The Labute approximate surface area is 149 Å². The highest BCUT2D eigenvalue weighted by molar-refractivity contribution is 7.18. The smallest absolute Gasteiger partial charge is 0.224 e. The van der Waals surface area contributed by atoms with E-state index in [1.165, 1.54) is 12.1 Å². The number of halogens is 1. The summed E-state index contributed by atoms with van der Waals surface area (Å²) in [6, 6.07) is 12.4. The number of aromatic nitrogens is 1. The predicted molar refractivity (Wildman–Crippen MR) is 98.8 cm³/mol. The van der Waals surface area contributed by atoms with Crippen LogP contribution in [0.1, 0.15) is 24.8 Å². The lowest BCUT2D eigenvalue weighted by molar-refractivity contribution is -0.116. The summed E-state index contributed by atoms with van der Waals surface area (Å²) in [6.07, 6.45) is 1.82. The van der Waals surface area contributed by atoms with E-state index in [1.807, 2.05) is 24.3 Å². The van der Waals surface area contributed by atoms with Crippen molar-refractivity contribution < 1.29 is 13.9 Å². The van der Waals surface area contributed by atoms with Crippen molar-refractivity contribution in [2.75, 3.05) is 11.9 Å². The van der Waals surface area contributed by atoms with E-state index in [1.54, 1.807) is 24.3 Å². The lowest BCUT2D eigenvalue weighted by Crippen LogP contribution is -2.11. The number of ether oxygens (including phenoxy) is 1. The third-order valence-electron chi connectivity index (χ3n) is 3.65. The number of carbonyl (C=O) groups is 1. The maximum Gasteiger partial charge on any atom is 0.224 e. The first-order chi connectivity index (χ1) is 12.2. The molecular formula is C19H19FN2O2S. The molecule has 6 heteroatoms. The van der Waals surface area contributed by atoms with Gasteiger partial charge in [0.2, 0.25) is 5.91 Å². The molecule has 0 radical (unpaired) electrons. The predicted octanol–water partition coefficient (Wildman–Crippen LogP) is 4.80. The number of carbonyl (C=O) groups excluding carboxylic acids is 1. The molecule has 130 valence electrons. The second-order valence-electron chi connectivity index (χ2n) is 5.56. The average Bonchev–Trinajstić information content (AvgIpc) is 3.00. The molecule has 0 aliphatic heterocycles. The van der Waals surface area contributed by atoms with Gasteiger partial charge in [-0.25, -0.2) is 9.37 Å². The minimum Gasteiger partial charge on any atom is -0.491 e. The maximum atomic E-state index is 13.8. The fourth-order valence-electron chi connectivity index (χ4n) is 2.50. The van der Waals surface area contributed by atoms with Crippen LogP contribution in [0.3, 0.4) is 0 Å². The number of anilines is 1. The number of nitrogens with zero attached hydrogens (tertiary/aromatic N) is 1. The van der Waals surface area contributed by atoms with Gasteiger partial charge in [0, 0.05) is 18.2 Å². The Morgan fingerprint density at radius 2 is 2.12 bits per heavy atom. The standard InChI is InChI=1S/C19H19FN2O2S/c1-2-24-16-11-10-13(12-14(16)20)21-18(23)8-5-9-19-22-15-6-3-4-7-17(15)25-19/h3-4,6-7,10-12H,2,5,8-9H2,1H3,(H,21,23). The summed E-state index contributed by atoms with van der Waals surface area (Å²) in [5.41, 5.74) is 1.43. The SMILES string of the molecule is CCOc1ccc(NC(=O)CCCc2nc3ccccc3s2)cc1F. The summed E-state index contributed by atoms with van der Waals surface area (Å²) >= 11 is 1.65. The van der Waals surface area contributed by atoms with Gasteiger partial charge in [0.05, 0.1) is 21.8 Å². The molecule has 0 bridgehead atoms. The largest absolute Gasteiger partial charge is 0.491 e. The van der Waals surface area contributed by atoms with E-state index in [4.69, 9.17) is 4.74 Å². The van der Waals surface area contributed by atoms with Gasteiger partial charge < -0.3 is 10.1 Å². The topological polar surface area (TPSA) is 51.2 Å². The van der Waals surface area contributed by atoms with Crippen LogP contribution in [0.15, 0.2) is 42.5 Å². The van der Waals surface area contributed by atoms with E-state index in [-0.39, 0.29) is 11.7 Å². The lowest BCUT2D eigenvalue weighted by Gasteiger charge is -2.08. The third kappa shape index (κ3) is 4.54. The van der Waals surface area contributed by atoms with E-state index in [0.29, 0.717) is 25.1 Å². The summed E-state index contributed by atoms with van der Waals surface area (Å²) in [5, 5.41) is 3.74. The Bertz CT molecular complexity index is 846. The van der Waals surface area contributed by atoms with E-state index in [0.717, 1.165) is 21.6 Å². The Kier molecular flexibility index (Phi) is 5.60. The average molecular weight is 358 g/mol. The normalized spacial score (nSPS) is 10.8. The molecule has 1 N–H and O–H groups in total. The van der Waals surface area contributed by atoms with Crippen LogP contribution in [0.4, 0.5) is 10.1 Å². The zero-order valence-electron chi connectivity index (χ0n) is 13.9. The molecule has 0 aliphatic rings. The Morgan fingerprint density at radius 1 is 1.28 bits per heavy atom. The summed E-state index contributed by atoms with van der Waals surface area (Å²) in [5.74, 6) is -0.421. The summed E-state index contributed by atoms with van der Waals surface area (Å²) in [7, 11) is 0. The number of benzene rings is 2. The van der Waals surface area contributed by atoms with Gasteiger partial charge in [-0.15, -0.1) is 11.3 Å². The zero-order valence-corrected chi connectivity index (χ0v) is 14.7. The Balaban J connectivity index is 1.50. The number of amides is 1. The van der Waals surface area contributed by atoms with Crippen LogP contribution in [-0.4, -0.2) is 17.5 Å². The van der Waals surface area contributed by atoms with Crippen LogP contribution in [0.5, 0.6) is 5.75 Å². The first kappa shape index (κ1) is 17.4. The lowest BCUT2D eigenvalue weighted by atomic mass is 10.2. The molecule has 0 spiro atoms. The van der Waals surface area contributed by atoms with Gasteiger partial charge in [-0.05, 0) is 44.0 Å². The van der Waals surface area contributed by atoms with Crippen molar-refractivity contribution in [2.45, 2.75) is 26.2 Å². The Morgan fingerprint density at radius 3 is 2.88 bits per heavy atom. The molecule has 0 saturated carbocycles. The number of hydrogen-bond acceptors (Lipinski definition) is 4. The van der Waals surface area contributed by atoms with Crippen LogP contribution >= 0.6 is 11.3 Å². The van der Waals surface area contributed by atoms with Gasteiger partial charge in [0.25, 0.3) is 0 Å². The van der Waals surface area contributed by atoms with E-state index < -0.39 is 5.82 Å². The molecule has 3 rings (SSSR count). The summed E-state index contributed by atoms with van der Waals surface area (Å²) in [6.45, 7) is 2.19. The van der Waals surface area contributed by atoms with Gasteiger partial charge >= 0.3 is 0 Å². The van der Waals surface area contributed by atoms with Crippen molar-refractivity contribution in [1.82, 2.24) is 4.98 Å². The van der Waals surface area contributed by atoms with Crippen LogP contribution < -0.4 is 10.1 Å². The van der Waals surface area contributed by atoms with Crippen molar-refractivity contribution >= 4 is 33.1 Å². The molecular weight excluding hydrogens is 339 g/mol. The second kappa shape index (κ2) is 8.07. The van der Waals surface area contributed by atoms with Crippen molar-refractivity contribution in [3.8, 4) is 5.75 Å². The van der Waals surface area contributed by atoms with Gasteiger partial charge in [0.1, 0.15) is 0 Å². The zero-order chi connectivity index (χ0) is 17.6. The number of hydrogen-bond donors (Lipinski definition) is 1. The number of para-hydroxylation sites is 1. The molecule has 0 unspecified atom stereocenters. The summed E-state index contributed by atoms with van der Waals surface area (Å²) < 4.78 is 20.1. The number of rotatable bonds is 7. The van der Waals surface area contributed by atoms with E-state index in [2.05, 4.69) is 10.3 Å². The molecule has 25 heavy (non-hydrogen) atoms. The van der Waals surface area contributed by atoms with Crippen LogP contribution in [-0.2, 0) is 11.2 Å². The van der Waals surface area contributed by atoms with Crippen molar-refractivity contribution in [3.05, 3.63) is 53.3 Å². The molecule has 3 aromatic rings. The molecule has 1 amide bonds. The monoisotopic (exact) mass is 358 g/mol. The molecule has 2 aromatic carbocycles. The van der Waals surface area contributed by atoms with Gasteiger partial charge in [-0.1, -0.05) is 12.1 Å². The third-order valence-corrected chi connectivity index (χ3v) is 4.74. The van der Waals surface area contributed by atoms with Crippen LogP contribution in [0, 0.1) is 5.82 Å². The molecule has 0 atom stereocenters. The van der Waals surface area contributed by atoms with Gasteiger partial charge in [-0.3, -0.25) is 4.79 Å². The fraction of sp³-hybridized carbons (Fsp3) is 0.263. The molecule has 1 heterocycles. The highest BCUT2D eigenvalue weighted by Crippen LogP contribution is 2.23. The van der Waals surface area contributed by atoms with Crippen molar-refractivity contribution in [2.24, 2.45) is 0 Å². The van der Waals surface area contributed by atoms with E-state index in [9.17, 15) is 9.18 Å². The first-order valence-corrected chi connectivity index (χ1v) is 9.04. The van der Waals surface area contributed by atoms with Crippen LogP contribution in [0.25, 0.3) is 10.2 Å². The molecule has 0 saturated heterocycles. The minimum absolute atomic E-state index is 0.135. The highest BCUT2D eigenvalue weighted by atomic mass is 32.1.